The minimum Gasteiger partial charge on any atom is -0.454 e. The largest absolute Gasteiger partial charge is 0.454 e. The Hall–Kier alpha value is -3.68. The van der Waals surface area contributed by atoms with Gasteiger partial charge in [0, 0.05) is 5.56 Å². The normalized spacial score (nSPS) is 12.5. The predicted octanol–water partition coefficient (Wildman–Crippen LogP) is 3.28. The van der Waals surface area contributed by atoms with Crippen LogP contribution in [0.5, 0.6) is 11.5 Å². The van der Waals surface area contributed by atoms with Gasteiger partial charge in [-0.05, 0) is 36.8 Å². The van der Waals surface area contributed by atoms with Gasteiger partial charge < -0.3 is 14.0 Å². The average molecular weight is 361 g/mol. The van der Waals surface area contributed by atoms with Crippen molar-refractivity contribution >= 4 is 0 Å². The fourth-order valence-electron chi connectivity index (χ4n) is 3.04. The summed E-state index contributed by atoms with van der Waals surface area (Å²) in [4.78, 5) is 4.50. The highest BCUT2D eigenvalue weighted by molar-refractivity contribution is 5.63. The minimum atomic E-state index is 0.219. The zero-order chi connectivity index (χ0) is 18.2. The molecule has 0 fully saturated rings. The lowest BCUT2D eigenvalue weighted by molar-refractivity contribution is 0.174. The molecule has 1 aliphatic rings. The molecule has 0 aliphatic carbocycles. The Kier molecular flexibility index (Phi) is 3.60. The summed E-state index contributed by atoms with van der Waals surface area (Å²) in [5.74, 6) is 2.16. The van der Waals surface area contributed by atoms with Crippen LogP contribution in [-0.4, -0.2) is 31.9 Å². The van der Waals surface area contributed by atoms with Gasteiger partial charge >= 0.3 is 0 Å². The zero-order valence-electron chi connectivity index (χ0n) is 14.5. The molecule has 4 aromatic rings. The van der Waals surface area contributed by atoms with E-state index in [1.54, 1.807) is 4.68 Å². The van der Waals surface area contributed by atoms with Gasteiger partial charge in [-0.1, -0.05) is 35.5 Å². The summed E-state index contributed by atoms with van der Waals surface area (Å²) >= 11 is 0. The molecule has 5 rings (SSSR count). The summed E-state index contributed by atoms with van der Waals surface area (Å²) in [6.07, 6.45) is 0.727. The molecule has 0 spiro atoms. The van der Waals surface area contributed by atoms with Crippen LogP contribution in [0.15, 0.2) is 53.1 Å². The summed E-state index contributed by atoms with van der Waals surface area (Å²) in [6.45, 7) is 2.26. The van der Waals surface area contributed by atoms with E-state index in [4.69, 9.17) is 14.0 Å². The molecule has 27 heavy (non-hydrogen) atoms. The minimum absolute atomic E-state index is 0.219. The van der Waals surface area contributed by atoms with E-state index >= 15 is 0 Å². The van der Waals surface area contributed by atoms with Crippen molar-refractivity contribution in [3.05, 3.63) is 54.2 Å². The van der Waals surface area contributed by atoms with Crippen molar-refractivity contribution in [2.75, 3.05) is 6.79 Å². The first-order valence-electron chi connectivity index (χ1n) is 8.57. The maximum Gasteiger partial charge on any atom is 0.258 e. The smallest absolute Gasteiger partial charge is 0.258 e. The molecule has 0 bridgehead atoms. The highest BCUT2D eigenvalue weighted by atomic mass is 16.7. The van der Waals surface area contributed by atoms with Gasteiger partial charge in [0.2, 0.25) is 12.6 Å². The van der Waals surface area contributed by atoms with E-state index in [1.165, 1.54) is 0 Å². The Morgan fingerprint density at radius 3 is 2.74 bits per heavy atom. The molecule has 3 heterocycles. The predicted molar refractivity (Wildman–Crippen MR) is 95.6 cm³/mol. The molecule has 0 N–H and O–H groups in total. The topological polar surface area (TPSA) is 88.1 Å². The molecule has 2 aromatic carbocycles. The van der Waals surface area contributed by atoms with Gasteiger partial charge in [0.25, 0.3) is 5.89 Å². The molecule has 0 unspecified atom stereocenters. The summed E-state index contributed by atoms with van der Waals surface area (Å²) in [5, 5.41) is 12.7. The molecule has 1 aliphatic heterocycles. The van der Waals surface area contributed by atoms with Crippen molar-refractivity contribution < 1.29 is 14.0 Å². The third kappa shape index (κ3) is 2.62. The van der Waals surface area contributed by atoms with Crippen molar-refractivity contribution in [1.82, 2.24) is 25.1 Å². The van der Waals surface area contributed by atoms with Crippen LogP contribution < -0.4 is 9.47 Å². The van der Waals surface area contributed by atoms with Crippen LogP contribution in [0.1, 0.15) is 12.6 Å². The molecule has 8 nitrogen and oxygen atoms in total. The molecule has 134 valence electrons. The Morgan fingerprint density at radius 2 is 1.89 bits per heavy atom. The monoisotopic (exact) mass is 361 g/mol. The summed E-state index contributed by atoms with van der Waals surface area (Å²) in [7, 11) is 0. The second kappa shape index (κ2) is 6.24. The molecular formula is C19H15N5O3. The molecule has 0 saturated carbocycles. The van der Waals surface area contributed by atoms with Gasteiger partial charge in [-0.3, -0.25) is 0 Å². The second-order valence-electron chi connectivity index (χ2n) is 5.98. The number of ether oxygens (including phenoxy) is 2. The Morgan fingerprint density at radius 1 is 1.04 bits per heavy atom. The lowest BCUT2D eigenvalue weighted by atomic mass is 10.2. The lowest BCUT2D eigenvalue weighted by Gasteiger charge is -2.04. The number of hydrogen-bond acceptors (Lipinski definition) is 7. The fourth-order valence-corrected chi connectivity index (χ4v) is 3.04. The van der Waals surface area contributed by atoms with Crippen molar-refractivity contribution in [3.63, 3.8) is 0 Å². The average Bonchev–Trinajstić information content (AvgIpc) is 3.45. The number of benzene rings is 2. The first-order chi connectivity index (χ1) is 13.3. The quantitative estimate of drug-likeness (QED) is 0.551. The van der Waals surface area contributed by atoms with Gasteiger partial charge in [0.05, 0.1) is 11.4 Å². The number of aromatic nitrogens is 5. The first kappa shape index (κ1) is 15.6. The highest BCUT2D eigenvalue weighted by Gasteiger charge is 2.21. The Labute approximate surface area is 154 Å². The summed E-state index contributed by atoms with van der Waals surface area (Å²) < 4.78 is 18.0. The van der Waals surface area contributed by atoms with Crippen LogP contribution in [-0.2, 0) is 6.42 Å². The van der Waals surface area contributed by atoms with Gasteiger partial charge in [-0.2, -0.15) is 4.98 Å². The van der Waals surface area contributed by atoms with Gasteiger partial charge in [-0.15, -0.1) is 5.10 Å². The van der Waals surface area contributed by atoms with Crippen LogP contribution in [0, 0.1) is 0 Å². The van der Waals surface area contributed by atoms with Crippen molar-refractivity contribution in [2.45, 2.75) is 13.3 Å². The molecule has 0 atom stereocenters. The van der Waals surface area contributed by atoms with E-state index in [1.807, 2.05) is 55.5 Å². The molecule has 0 amide bonds. The number of para-hydroxylation sites is 1. The first-order valence-corrected chi connectivity index (χ1v) is 8.57. The SMILES string of the molecule is CCc1c(-c2noc(-c3ccc4c(c3)OCO4)n2)nnn1-c1ccccc1. The third-order valence-electron chi connectivity index (χ3n) is 4.36. The number of fused-ring (bicyclic) bond motifs is 1. The van der Waals surface area contributed by atoms with Crippen molar-refractivity contribution in [1.29, 1.82) is 0 Å². The van der Waals surface area contributed by atoms with E-state index < -0.39 is 0 Å². The Balaban J connectivity index is 1.52. The fraction of sp³-hybridized carbons (Fsp3) is 0.158. The van der Waals surface area contributed by atoms with Gasteiger partial charge in [0.15, 0.2) is 17.2 Å². The standard InChI is InChI=1S/C19H15N5O3/c1-2-14-17(21-23-24(14)13-6-4-3-5-7-13)18-20-19(27-22-18)12-8-9-15-16(10-12)26-11-25-15/h3-10H,2,11H2,1H3. The third-order valence-corrected chi connectivity index (χ3v) is 4.36. The zero-order valence-corrected chi connectivity index (χ0v) is 14.5. The van der Waals surface area contributed by atoms with Crippen LogP contribution in [0.3, 0.4) is 0 Å². The number of rotatable bonds is 4. The molecular weight excluding hydrogens is 346 g/mol. The molecule has 0 saturated heterocycles. The van der Waals surface area contributed by atoms with E-state index in [0.29, 0.717) is 28.9 Å². The number of nitrogens with zero attached hydrogens (tertiary/aromatic N) is 5. The number of hydrogen-bond donors (Lipinski definition) is 0. The van der Waals surface area contributed by atoms with E-state index in [2.05, 4.69) is 20.5 Å². The molecule has 2 aromatic heterocycles. The van der Waals surface area contributed by atoms with Gasteiger partial charge in [-0.25, -0.2) is 4.68 Å². The van der Waals surface area contributed by atoms with Gasteiger partial charge in [0.1, 0.15) is 0 Å². The van der Waals surface area contributed by atoms with Crippen LogP contribution in [0.4, 0.5) is 0 Å². The van der Waals surface area contributed by atoms with Crippen LogP contribution in [0.2, 0.25) is 0 Å². The maximum absolute atomic E-state index is 5.44. The van der Waals surface area contributed by atoms with Crippen LogP contribution >= 0.6 is 0 Å². The molecule has 0 radical (unpaired) electrons. The van der Waals surface area contributed by atoms with E-state index in [9.17, 15) is 0 Å². The summed E-state index contributed by atoms with van der Waals surface area (Å²) in [5.41, 5.74) is 3.22. The highest BCUT2D eigenvalue weighted by Crippen LogP contribution is 2.36. The van der Waals surface area contributed by atoms with E-state index in [-0.39, 0.29) is 6.79 Å². The summed E-state index contributed by atoms with van der Waals surface area (Å²) in [6, 6.07) is 15.3. The Bertz CT molecular complexity index is 1100. The molecule has 8 heteroatoms. The maximum atomic E-state index is 5.44. The van der Waals surface area contributed by atoms with Crippen molar-refractivity contribution in [3.8, 4) is 40.2 Å². The lowest BCUT2D eigenvalue weighted by Crippen LogP contribution is -2.01. The van der Waals surface area contributed by atoms with Crippen molar-refractivity contribution in [2.24, 2.45) is 0 Å². The van der Waals surface area contributed by atoms with E-state index in [0.717, 1.165) is 23.4 Å². The van der Waals surface area contributed by atoms with Crippen LogP contribution in [0.25, 0.3) is 28.7 Å². The second-order valence-corrected chi connectivity index (χ2v) is 5.98.